The number of alkyl halides is 3. The van der Waals surface area contributed by atoms with E-state index in [-0.39, 0.29) is 6.54 Å². The number of nitrogens with two attached hydrogens (primary N) is 1. The van der Waals surface area contributed by atoms with E-state index >= 15 is 0 Å². The van der Waals surface area contributed by atoms with E-state index in [4.69, 9.17) is 10.8 Å². The van der Waals surface area contributed by atoms with Gasteiger partial charge < -0.3 is 16.2 Å². The molecule has 0 spiro atoms. The van der Waals surface area contributed by atoms with Crippen molar-refractivity contribution in [3.8, 4) is 0 Å². The molecule has 4 N–H and O–H groups in total. The van der Waals surface area contributed by atoms with Gasteiger partial charge in [-0.2, -0.15) is 13.2 Å². The predicted molar refractivity (Wildman–Crippen MR) is 43.9 cm³/mol. The predicted octanol–water partition coefficient (Wildman–Crippen LogP) is -0.143. The Kier molecular flexibility index (Phi) is 5.06. The fraction of sp³-hybridized carbons (Fsp3) is 0.714. The first-order chi connectivity index (χ1) is 6.72. The number of carbonyl (C=O) groups excluding carboxylic acids is 1. The first-order valence-corrected chi connectivity index (χ1v) is 4.04. The third-order valence-electron chi connectivity index (χ3n) is 1.47. The molecule has 0 heterocycles. The standard InChI is InChI=1S/C7H11F3N2O3/c8-7(9,10)2-1-5(13)12-3-4(11)6(14)15/h4H,1-3,11H2,(H,12,13)(H,14,15)/t4-/m0/s1. The summed E-state index contributed by atoms with van der Waals surface area (Å²) in [6.45, 7) is -0.383. The van der Waals surface area contributed by atoms with E-state index in [1.54, 1.807) is 0 Å². The number of hydrogen-bond acceptors (Lipinski definition) is 3. The zero-order chi connectivity index (χ0) is 12.1. The normalized spacial score (nSPS) is 13.3. The van der Waals surface area contributed by atoms with Gasteiger partial charge in [-0.3, -0.25) is 9.59 Å². The van der Waals surface area contributed by atoms with Crippen LogP contribution in [-0.2, 0) is 9.59 Å². The summed E-state index contributed by atoms with van der Waals surface area (Å²) in [5.74, 6) is -2.20. The third-order valence-corrected chi connectivity index (χ3v) is 1.47. The van der Waals surface area contributed by atoms with Gasteiger partial charge in [-0.25, -0.2) is 0 Å². The molecular weight excluding hydrogens is 217 g/mol. The average molecular weight is 228 g/mol. The van der Waals surface area contributed by atoms with Gasteiger partial charge in [-0.1, -0.05) is 0 Å². The minimum atomic E-state index is -4.40. The van der Waals surface area contributed by atoms with E-state index in [1.165, 1.54) is 0 Å². The Labute approximate surface area is 83.4 Å². The lowest BCUT2D eigenvalue weighted by Crippen LogP contribution is -2.42. The number of aliphatic carboxylic acids is 1. The highest BCUT2D eigenvalue weighted by molar-refractivity contribution is 5.78. The molecule has 15 heavy (non-hydrogen) atoms. The van der Waals surface area contributed by atoms with Crippen molar-refractivity contribution < 1.29 is 27.9 Å². The number of carbonyl (C=O) groups is 2. The zero-order valence-electron chi connectivity index (χ0n) is 7.67. The molecule has 0 saturated carbocycles. The van der Waals surface area contributed by atoms with Crippen LogP contribution in [-0.4, -0.2) is 35.7 Å². The largest absolute Gasteiger partial charge is 0.480 e. The minimum Gasteiger partial charge on any atom is -0.480 e. The number of hydrogen-bond donors (Lipinski definition) is 3. The Morgan fingerprint density at radius 2 is 1.93 bits per heavy atom. The number of carboxylic acids is 1. The van der Waals surface area contributed by atoms with Gasteiger partial charge in [-0.15, -0.1) is 0 Å². The lowest BCUT2D eigenvalue weighted by molar-refractivity contribution is -0.144. The highest BCUT2D eigenvalue weighted by atomic mass is 19.4. The van der Waals surface area contributed by atoms with Crippen molar-refractivity contribution in [2.75, 3.05) is 6.54 Å². The molecule has 5 nitrogen and oxygen atoms in total. The second-order valence-electron chi connectivity index (χ2n) is 2.86. The van der Waals surface area contributed by atoms with Crippen LogP contribution in [0, 0.1) is 0 Å². The Bertz CT molecular complexity index is 242. The molecule has 1 atom stereocenters. The molecule has 1 amide bonds. The molecular formula is C7H11F3N2O3. The van der Waals surface area contributed by atoms with Crippen LogP contribution < -0.4 is 11.1 Å². The van der Waals surface area contributed by atoms with E-state index in [0.717, 1.165) is 0 Å². The van der Waals surface area contributed by atoms with E-state index in [0.29, 0.717) is 0 Å². The summed E-state index contributed by atoms with van der Waals surface area (Å²) in [7, 11) is 0. The van der Waals surface area contributed by atoms with Gasteiger partial charge in [0.1, 0.15) is 6.04 Å². The summed E-state index contributed by atoms with van der Waals surface area (Å²) in [6, 6.07) is -1.31. The van der Waals surface area contributed by atoms with Crippen LogP contribution in [0.3, 0.4) is 0 Å². The third kappa shape index (κ3) is 7.74. The van der Waals surface area contributed by atoms with Crippen LogP contribution in [0.2, 0.25) is 0 Å². The molecule has 0 fully saturated rings. The lowest BCUT2D eigenvalue weighted by atomic mass is 10.2. The van der Waals surface area contributed by atoms with Crippen LogP contribution in [0.5, 0.6) is 0 Å². The molecule has 0 aliphatic carbocycles. The summed E-state index contributed by atoms with van der Waals surface area (Å²) in [5.41, 5.74) is 5.01. The van der Waals surface area contributed by atoms with Gasteiger partial charge in [0.2, 0.25) is 5.91 Å². The molecule has 8 heteroatoms. The molecule has 0 aromatic carbocycles. The van der Waals surface area contributed by atoms with Crippen molar-refractivity contribution in [2.45, 2.75) is 25.1 Å². The maximum absolute atomic E-state index is 11.6. The highest BCUT2D eigenvalue weighted by Gasteiger charge is 2.27. The molecule has 0 aliphatic rings. The minimum absolute atomic E-state index is 0.383. The topological polar surface area (TPSA) is 92.4 Å². The Morgan fingerprint density at radius 1 is 1.40 bits per heavy atom. The molecule has 0 rings (SSSR count). The SMILES string of the molecule is N[C@@H](CNC(=O)CCC(F)(F)F)C(=O)O. The Morgan fingerprint density at radius 3 is 2.33 bits per heavy atom. The molecule has 0 aromatic heterocycles. The van der Waals surface area contributed by atoms with Crippen molar-refractivity contribution in [1.29, 1.82) is 0 Å². The molecule has 0 radical (unpaired) electrons. The van der Waals surface area contributed by atoms with Gasteiger partial charge in [-0.05, 0) is 0 Å². The van der Waals surface area contributed by atoms with Crippen molar-refractivity contribution >= 4 is 11.9 Å². The molecule has 0 saturated heterocycles. The first-order valence-electron chi connectivity index (χ1n) is 4.04. The van der Waals surface area contributed by atoms with E-state index in [2.05, 4.69) is 0 Å². The van der Waals surface area contributed by atoms with E-state index in [1.807, 2.05) is 5.32 Å². The van der Waals surface area contributed by atoms with Gasteiger partial charge in [0.05, 0.1) is 6.42 Å². The highest BCUT2D eigenvalue weighted by Crippen LogP contribution is 2.20. The van der Waals surface area contributed by atoms with E-state index in [9.17, 15) is 22.8 Å². The second-order valence-corrected chi connectivity index (χ2v) is 2.86. The van der Waals surface area contributed by atoms with Crippen LogP contribution in [0.4, 0.5) is 13.2 Å². The van der Waals surface area contributed by atoms with Gasteiger partial charge in [0, 0.05) is 13.0 Å². The second kappa shape index (κ2) is 5.54. The Hall–Kier alpha value is -1.31. The van der Waals surface area contributed by atoms with Crippen molar-refractivity contribution in [3.63, 3.8) is 0 Å². The maximum atomic E-state index is 11.6. The fourth-order valence-electron chi connectivity index (χ4n) is 0.655. The maximum Gasteiger partial charge on any atom is 0.389 e. The molecule has 0 aliphatic heterocycles. The number of nitrogens with one attached hydrogen (secondary N) is 1. The summed E-state index contributed by atoms with van der Waals surface area (Å²) in [4.78, 5) is 20.9. The van der Waals surface area contributed by atoms with E-state index < -0.39 is 36.9 Å². The van der Waals surface area contributed by atoms with Crippen LogP contribution in [0.15, 0.2) is 0 Å². The zero-order valence-corrected chi connectivity index (χ0v) is 7.67. The van der Waals surface area contributed by atoms with Crippen LogP contribution in [0.25, 0.3) is 0 Å². The van der Waals surface area contributed by atoms with Crippen molar-refractivity contribution in [2.24, 2.45) is 5.73 Å². The molecule has 88 valence electrons. The van der Waals surface area contributed by atoms with Crippen LogP contribution >= 0.6 is 0 Å². The van der Waals surface area contributed by atoms with Gasteiger partial charge in [0.25, 0.3) is 0 Å². The number of amides is 1. The number of halogens is 3. The van der Waals surface area contributed by atoms with Gasteiger partial charge >= 0.3 is 12.1 Å². The van der Waals surface area contributed by atoms with Crippen LogP contribution in [0.1, 0.15) is 12.8 Å². The lowest BCUT2D eigenvalue weighted by Gasteiger charge is -2.09. The van der Waals surface area contributed by atoms with Gasteiger partial charge in [0.15, 0.2) is 0 Å². The monoisotopic (exact) mass is 228 g/mol. The molecule has 0 bridgehead atoms. The number of carboxylic acid groups (broad SMARTS) is 1. The summed E-state index contributed by atoms with van der Waals surface area (Å²) in [6.07, 6.45) is -6.36. The molecule has 0 unspecified atom stereocenters. The first kappa shape index (κ1) is 13.7. The molecule has 0 aromatic rings. The smallest absolute Gasteiger partial charge is 0.389 e. The summed E-state index contributed by atoms with van der Waals surface area (Å²) < 4.78 is 34.9. The summed E-state index contributed by atoms with van der Waals surface area (Å²) in [5, 5.41) is 10.3. The van der Waals surface area contributed by atoms with Crippen molar-refractivity contribution in [1.82, 2.24) is 5.32 Å². The average Bonchev–Trinajstić information content (AvgIpc) is 2.09. The summed E-state index contributed by atoms with van der Waals surface area (Å²) >= 11 is 0. The number of rotatable bonds is 5. The van der Waals surface area contributed by atoms with Crippen molar-refractivity contribution in [3.05, 3.63) is 0 Å². The quantitative estimate of drug-likeness (QED) is 0.610. The fourth-order valence-corrected chi connectivity index (χ4v) is 0.655. The Balaban J connectivity index is 3.72.